The van der Waals surface area contributed by atoms with E-state index < -0.39 is 11.6 Å². The Balaban J connectivity index is 2.09. The van der Waals surface area contributed by atoms with Gasteiger partial charge in [0.25, 0.3) is 0 Å². The van der Waals surface area contributed by atoms with E-state index in [0.29, 0.717) is 13.0 Å². The maximum Gasteiger partial charge on any atom is 0.143 e. The molecule has 2 atom stereocenters. The van der Waals surface area contributed by atoms with Crippen LogP contribution in [-0.2, 0) is 16.0 Å². The Bertz CT molecular complexity index is 445. The van der Waals surface area contributed by atoms with Gasteiger partial charge in [-0.2, -0.15) is 0 Å². The molecule has 1 aliphatic rings. The molecule has 2 rings (SSSR count). The summed E-state index contributed by atoms with van der Waals surface area (Å²) in [4.78, 5) is 12.1. The molecule has 0 aromatic heterocycles. The van der Waals surface area contributed by atoms with E-state index in [0.717, 1.165) is 24.6 Å². The summed E-state index contributed by atoms with van der Waals surface area (Å²) in [5.41, 5.74) is 0.127. The van der Waals surface area contributed by atoms with Crippen LogP contribution in [0.2, 0.25) is 0 Å². The van der Waals surface area contributed by atoms with Gasteiger partial charge >= 0.3 is 0 Å². The number of ketones is 1. The third-order valence-electron chi connectivity index (χ3n) is 3.40. The summed E-state index contributed by atoms with van der Waals surface area (Å²) >= 11 is 0. The Kier molecular flexibility index (Phi) is 4.07. The van der Waals surface area contributed by atoms with E-state index in [2.05, 4.69) is 0 Å². The van der Waals surface area contributed by atoms with E-state index >= 15 is 0 Å². The zero-order valence-electron chi connectivity index (χ0n) is 10.3. The lowest BCUT2D eigenvalue weighted by Gasteiger charge is -2.15. The van der Waals surface area contributed by atoms with E-state index in [9.17, 15) is 13.6 Å². The fourth-order valence-corrected chi connectivity index (χ4v) is 2.42. The Morgan fingerprint density at radius 3 is 2.94 bits per heavy atom. The lowest BCUT2D eigenvalue weighted by atomic mass is 9.91. The molecule has 1 fully saturated rings. The van der Waals surface area contributed by atoms with E-state index in [1.54, 1.807) is 0 Å². The number of benzene rings is 1. The molecule has 1 aromatic carbocycles. The molecular formula is C14H16F2O2. The van der Waals surface area contributed by atoms with Crippen LogP contribution in [0.3, 0.4) is 0 Å². The largest absolute Gasteiger partial charge is 0.377 e. The first-order valence-electron chi connectivity index (χ1n) is 6.20. The van der Waals surface area contributed by atoms with Gasteiger partial charge in [-0.05, 0) is 36.6 Å². The van der Waals surface area contributed by atoms with Gasteiger partial charge in [-0.3, -0.25) is 4.79 Å². The van der Waals surface area contributed by atoms with Crippen molar-refractivity contribution in [2.45, 2.75) is 32.3 Å². The first-order valence-corrected chi connectivity index (χ1v) is 6.20. The predicted molar refractivity (Wildman–Crippen MR) is 63.2 cm³/mol. The minimum Gasteiger partial charge on any atom is -0.377 e. The first-order chi connectivity index (χ1) is 8.61. The van der Waals surface area contributed by atoms with Gasteiger partial charge in [-0.1, -0.05) is 6.92 Å². The Morgan fingerprint density at radius 2 is 2.22 bits per heavy atom. The second-order valence-electron chi connectivity index (χ2n) is 4.59. The molecule has 0 saturated carbocycles. The van der Waals surface area contributed by atoms with Gasteiger partial charge in [-0.15, -0.1) is 0 Å². The van der Waals surface area contributed by atoms with Crippen molar-refractivity contribution in [2.24, 2.45) is 5.92 Å². The summed E-state index contributed by atoms with van der Waals surface area (Å²) in [5, 5.41) is 0. The summed E-state index contributed by atoms with van der Waals surface area (Å²) in [6.45, 7) is 2.53. The second-order valence-corrected chi connectivity index (χ2v) is 4.59. The van der Waals surface area contributed by atoms with Crippen LogP contribution < -0.4 is 0 Å². The van der Waals surface area contributed by atoms with Crippen molar-refractivity contribution in [3.8, 4) is 0 Å². The minimum absolute atomic E-state index is 0.0614. The zero-order valence-corrected chi connectivity index (χ0v) is 10.3. The van der Waals surface area contributed by atoms with Crippen LogP contribution in [0.1, 0.15) is 25.3 Å². The average Bonchev–Trinajstić information content (AvgIpc) is 2.82. The molecule has 2 unspecified atom stereocenters. The number of hydrogen-bond donors (Lipinski definition) is 0. The van der Waals surface area contributed by atoms with Gasteiger partial charge < -0.3 is 4.74 Å². The molecule has 4 heteroatoms. The van der Waals surface area contributed by atoms with Crippen LogP contribution in [0, 0.1) is 17.6 Å². The highest BCUT2D eigenvalue weighted by molar-refractivity contribution is 5.84. The third kappa shape index (κ3) is 2.75. The molecule has 1 aliphatic heterocycles. The highest BCUT2D eigenvalue weighted by Gasteiger charge is 2.32. The van der Waals surface area contributed by atoms with Gasteiger partial charge in [0.15, 0.2) is 0 Å². The summed E-state index contributed by atoms with van der Waals surface area (Å²) in [5.74, 6) is -1.30. The smallest absolute Gasteiger partial charge is 0.143 e. The van der Waals surface area contributed by atoms with Gasteiger partial charge in [0.1, 0.15) is 17.4 Å². The van der Waals surface area contributed by atoms with Crippen LogP contribution in [0.5, 0.6) is 0 Å². The lowest BCUT2D eigenvalue weighted by Crippen LogP contribution is -2.25. The molecule has 18 heavy (non-hydrogen) atoms. The van der Waals surface area contributed by atoms with Crippen molar-refractivity contribution in [1.82, 2.24) is 0 Å². The molecule has 2 nitrogen and oxygen atoms in total. The Morgan fingerprint density at radius 1 is 1.44 bits per heavy atom. The highest BCUT2D eigenvalue weighted by atomic mass is 19.1. The number of hydrogen-bond acceptors (Lipinski definition) is 2. The van der Waals surface area contributed by atoms with Gasteiger partial charge in [0.2, 0.25) is 0 Å². The molecule has 0 N–H and O–H groups in total. The molecule has 98 valence electrons. The quantitative estimate of drug-likeness (QED) is 0.825. The SMILES string of the molecule is CCC1OCCC1C(=O)Cc1cc(F)ccc1F. The summed E-state index contributed by atoms with van der Waals surface area (Å²) < 4.78 is 31.9. The molecule has 0 spiro atoms. The van der Waals surface area contributed by atoms with E-state index in [-0.39, 0.29) is 29.8 Å². The summed E-state index contributed by atoms with van der Waals surface area (Å²) in [7, 11) is 0. The minimum atomic E-state index is -0.531. The van der Waals surface area contributed by atoms with Crippen molar-refractivity contribution in [1.29, 1.82) is 0 Å². The van der Waals surface area contributed by atoms with Gasteiger partial charge in [0.05, 0.1) is 6.10 Å². The summed E-state index contributed by atoms with van der Waals surface area (Å²) in [6, 6.07) is 3.20. The van der Waals surface area contributed by atoms with Crippen LogP contribution in [0.15, 0.2) is 18.2 Å². The van der Waals surface area contributed by atoms with Crippen molar-refractivity contribution >= 4 is 5.78 Å². The first kappa shape index (κ1) is 13.1. The number of ether oxygens (including phenoxy) is 1. The van der Waals surface area contributed by atoms with Crippen LogP contribution in [0.4, 0.5) is 8.78 Å². The van der Waals surface area contributed by atoms with E-state index in [1.165, 1.54) is 0 Å². The second kappa shape index (κ2) is 5.57. The Hall–Kier alpha value is -1.29. The summed E-state index contributed by atoms with van der Waals surface area (Å²) in [6.07, 6.45) is 1.30. The fourth-order valence-electron chi connectivity index (χ4n) is 2.42. The van der Waals surface area contributed by atoms with Crippen LogP contribution in [-0.4, -0.2) is 18.5 Å². The molecule has 1 saturated heterocycles. The molecule has 0 bridgehead atoms. The molecule has 0 radical (unpaired) electrons. The molecule has 0 amide bonds. The maximum absolute atomic E-state index is 13.4. The molecular weight excluding hydrogens is 238 g/mol. The average molecular weight is 254 g/mol. The third-order valence-corrected chi connectivity index (χ3v) is 3.40. The molecule has 1 aromatic rings. The number of halogens is 2. The predicted octanol–water partition coefficient (Wildman–Crippen LogP) is 2.89. The van der Waals surface area contributed by atoms with Crippen molar-refractivity contribution in [3.63, 3.8) is 0 Å². The standard InChI is InChI=1S/C14H16F2O2/c1-2-14-11(5-6-18-14)13(17)8-9-7-10(15)3-4-12(9)16/h3-4,7,11,14H,2,5-6,8H2,1H3. The Labute approximate surface area is 105 Å². The van der Waals surface area contributed by atoms with Crippen LogP contribution >= 0.6 is 0 Å². The topological polar surface area (TPSA) is 26.3 Å². The fraction of sp³-hybridized carbons (Fsp3) is 0.500. The van der Waals surface area contributed by atoms with Gasteiger partial charge in [-0.25, -0.2) is 8.78 Å². The molecule has 0 aliphatic carbocycles. The number of rotatable bonds is 4. The normalized spacial score (nSPS) is 23.3. The molecule has 1 heterocycles. The number of Topliss-reactive ketones (excluding diaryl/α,β-unsaturated/α-hetero) is 1. The van der Waals surface area contributed by atoms with Crippen molar-refractivity contribution < 1.29 is 18.3 Å². The van der Waals surface area contributed by atoms with Crippen LogP contribution in [0.25, 0.3) is 0 Å². The van der Waals surface area contributed by atoms with E-state index in [1.807, 2.05) is 6.92 Å². The maximum atomic E-state index is 13.4. The highest BCUT2D eigenvalue weighted by Crippen LogP contribution is 2.26. The number of carbonyl (C=O) groups is 1. The zero-order chi connectivity index (χ0) is 13.1. The monoisotopic (exact) mass is 254 g/mol. The van der Waals surface area contributed by atoms with Gasteiger partial charge in [0, 0.05) is 18.9 Å². The van der Waals surface area contributed by atoms with Crippen molar-refractivity contribution in [2.75, 3.05) is 6.61 Å². The van der Waals surface area contributed by atoms with E-state index in [4.69, 9.17) is 4.74 Å². The lowest BCUT2D eigenvalue weighted by molar-refractivity contribution is -0.123. The van der Waals surface area contributed by atoms with Crippen molar-refractivity contribution in [3.05, 3.63) is 35.4 Å². The number of carbonyl (C=O) groups excluding carboxylic acids is 1.